The van der Waals surface area contributed by atoms with Crippen molar-refractivity contribution in [2.75, 3.05) is 0 Å². The zero-order chi connectivity index (χ0) is 42.1. The second kappa shape index (κ2) is 49.3. The van der Waals surface area contributed by atoms with Crippen LogP contribution in [0.3, 0.4) is 0 Å². The van der Waals surface area contributed by atoms with Crippen molar-refractivity contribution in [1.82, 2.24) is 0 Å². The quantitative estimate of drug-likeness (QED) is 0.0266. The molecular formula is C54H98O4. The van der Waals surface area contributed by atoms with E-state index in [1.807, 2.05) is 0 Å². The summed E-state index contributed by atoms with van der Waals surface area (Å²) in [5.74, 6) is -0.442. The maximum absolute atomic E-state index is 12.8. The second-order valence-corrected chi connectivity index (χ2v) is 17.1. The van der Waals surface area contributed by atoms with Crippen LogP contribution in [0.1, 0.15) is 278 Å². The largest absolute Gasteiger partial charge is 0.425 e. The molecule has 0 aromatic heterocycles. The fraction of sp³-hybridized carbons (Fsp3) is 0.815. The molecular weight excluding hydrogens is 713 g/mol. The van der Waals surface area contributed by atoms with Crippen molar-refractivity contribution in [3.63, 3.8) is 0 Å². The van der Waals surface area contributed by atoms with Crippen LogP contribution in [0.4, 0.5) is 0 Å². The van der Waals surface area contributed by atoms with E-state index in [0.717, 1.165) is 77.0 Å². The van der Waals surface area contributed by atoms with Gasteiger partial charge >= 0.3 is 11.9 Å². The van der Waals surface area contributed by atoms with Gasteiger partial charge in [0.2, 0.25) is 6.29 Å². The summed E-state index contributed by atoms with van der Waals surface area (Å²) >= 11 is 0. The number of allylic oxidation sites excluding steroid dienone is 8. The Labute approximate surface area is 362 Å². The molecule has 0 N–H and O–H groups in total. The summed E-state index contributed by atoms with van der Waals surface area (Å²) in [7, 11) is 0. The van der Waals surface area contributed by atoms with Crippen LogP contribution in [0, 0.1) is 0 Å². The van der Waals surface area contributed by atoms with E-state index in [9.17, 15) is 9.59 Å². The Bertz CT molecular complexity index is 902. The predicted molar refractivity (Wildman–Crippen MR) is 254 cm³/mol. The maximum Gasteiger partial charge on any atom is 0.308 e. The molecule has 58 heavy (non-hydrogen) atoms. The van der Waals surface area contributed by atoms with Gasteiger partial charge in [-0.3, -0.25) is 9.59 Å². The first kappa shape index (κ1) is 55.9. The van der Waals surface area contributed by atoms with Crippen LogP contribution in [0.5, 0.6) is 0 Å². The molecule has 0 aliphatic heterocycles. The van der Waals surface area contributed by atoms with Crippen LogP contribution < -0.4 is 0 Å². The topological polar surface area (TPSA) is 52.6 Å². The van der Waals surface area contributed by atoms with E-state index in [4.69, 9.17) is 9.47 Å². The highest BCUT2D eigenvalue weighted by molar-refractivity contribution is 5.71. The fourth-order valence-electron chi connectivity index (χ4n) is 7.40. The van der Waals surface area contributed by atoms with E-state index in [2.05, 4.69) is 69.4 Å². The van der Waals surface area contributed by atoms with Crippen LogP contribution in [0.2, 0.25) is 0 Å². The average Bonchev–Trinajstić information content (AvgIpc) is 3.22. The Morgan fingerprint density at radius 3 is 0.931 bits per heavy atom. The minimum atomic E-state index is -0.738. The molecule has 0 bridgehead atoms. The van der Waals surface area contributed by atoms with Gasteiger partial charge in [-0.25, -0.2) is 0 Å². The molecule has 0 amide bonds. The molecule has 0 aromatic carbocycles. The molecule has 0 saturated carbocycles. The van der Waals surface area contributed by atoms with Crippen LogP contribution in [-0.4, -0.2) is 18.2 Å². The summed E-state index contributed by atoms with van der Waals surface area (Å²) in [6, 6.07) is 0. The number of esters is 2. The lowest BCUT2D eigenvalue weighted by atomic mass is 10.0. The van der Waals surface area contributed by atoms with Crippen molar-refractivity contribution in [2.45, 2.75) is 284 Å². The number of carbonyl (C=O) groups is 2. The molecule has 4 nitrogen and oxygen atoms in total. The van der Waals surface area contributed by atoms with Gasteiger partial charge in [-0.2, -0.15) is 0 Å². The molecule has 0 spiro atoms. The molecule has 338 valence electrons. The van der Waals surface area contributed by atoms with Gasteiger partial charge in [0.05, 0.1) is 0 Å². The van der Waals surface area contributed by atoms with Gasteiger partial charge < -0.3 is 9.47 Å². The van der Waals surface area contributed by atoms with Gasteiger partial charge in [0.15, 0.2) is 0 Å². The van der Waals surface area contributed by atoms with E-state index in [1.165, 1.54) is 161 Å². The Kier molecular flexibility index (Phi) is 47.5. The highest BCUT2D eigenvalue weighted by Gasteiger charge is 2.18. The van der Waals surface area contributed by atoms with Crippen LogP contribution in [0.25, 0.3) is 0 Å². The number of ether oxygens (including phenoxy) is 2. The molecule has 4 heteroatoms. The number of unbranched alkanes of at least 4 members (excludes halogenated alkanes) is 30. The molecule has 0 saturated heterocycles. The van der Waals surface area contributed by atoms with Crippen LogP contribution in [0.15, 0.2) is 48.6 Å². The first-order valence-electron chi connectivity index (χ1n) is 25.6. The van der Waals surface area contributed by atoms with Gasteiger partial charge in [-0.05, 0) is 83.5 Å². The number of rotatable bonds is 46. The SMILES string of the molecule is CCCCC/C=C\C/C=C\CCCCCCCC(=O)OC(CCCCCCCCCCCCCCCCC)OC(=O)CCCCCCC/C=C\C/C=C\CCCCC. The monoisotopic (exact) mass is 811 g/mol. The lowest BCUT2D eigenvalue weighted by Gasteiger charge is -2.18. The Hall–Kier alpha value is -2.10. The van der Waals surface area contributed by atoms with Crippen LogP contribution in [-0.2, 0) is 19.1 Å². The zero-order valence-electron chi connectivity index (χ0n) is 39.1. The number of carbonyl (C=O) groups excluding carboxylic acids is 2. The summed E-state index contributed by atoms with van der Waals surface area (Å²) in [5, 5.41) is 0. The average molecular weight is 811 g/mol. The van der Waals surface area contributed by atoms with Crippen molar-refractivity contribution in [3.05, 3.63) is 48.6 Å². The fourth-order valence-corrected chi connectivity index (χ4v) is 7.40. The van der Waals surface area contributed by atoms with Crippen molar-refractivity contribution in [3.8, 4) is 0 Å². The summed E-state index contributed by atoms with van der Waals surface area (Å²) < 4.78 is 11.6. The normalized spacial score (nSPS) is 12.1. The molecule has 0 atom stereocenters. The standard InChI is InChI=1S/C54H98O4/c1-4-7-10-13-16-19-22-25-28-31-34-37-40-43-46-49-52(55)57-54(51-48-45-42-39-36-33-30-27-24-21-18-15-12-9-6-3)58-53(56)50-47-44-41-38-35-32-29-26-23-20-17-14-11-8-5-2/h16-17,19-20,25-26,28-29,54H,4-15,18,21-24,27,30-51H2,1-3H3/b19-16-,20-17-,28-25-,29-26-. The predicted octanol–water partition coefficient (Wildman–Crippen LogP) is 18.3. The summed E-state index contributed by atoms with van der Waals surface area (Å²) in [5.41, 5.74) is 0. The highest BCUT2D eigenvalue weighted by atomic mass is 16.7. The lowest BCUT2D eigenvalue weighted by molar-refractivity contribution is -0.189. The van der Waals surface area contributed by atoms with Gasteiger partial charge in [0.1, 0.15) is 0 Å². The smallest absolute Gasteiger partial charge is 0.308 e. The zero-order valence-corrected chi connectivity index (χ0v) is 39.1. The van der Waals surface area contributed by atoms with Crippen molar-refractivity contribution < 1.29 is 19.1 Å². The van der Waals surface area contributed by atoms with E-state index < -0.39 is 6.29 Å². The molecule has 0 aliphatic carbocycles. The third-order valence-electron chi connectivity index (χ3n) is 11.2. The van der Waals surface area contributed by atoms with E-state index in [-0.39, 0.29) is 11.9 Å². The van der Waals surface area contributed by atoms with Gasteiger partial charge in [0.25, 0.3) is 0 Å². The Morgan fingerprint density at radius 2 is 0.586 bits per heavy atom. The van der Waals surface area contributed by atoms with Gasteiger partial charge in [-0.1, -0.05) is 223 Å². The number of hydrogen-bond acceptors (Lipinski definition) is 4. The lowest BCUT2D eigenvalue weighted by Crippen LogP contribution is -2.24. The van der Waals surface area contributed by atoms with Crippen LogP contribution >= 0.6 is 0 Å². The Morgan fingerprint density at radius 1 is 0.328 bits per heavy atom. The third kappa shape index (κ3) is 46.6. The molecule has 0 aliphatic rings. The molecule has 0 rings (SSSR count). The van der Waals surface area contributed by atoms with Crippen molar-refractivity contribution >= 4 is 11.9 Å². The minimum absolute atomic E-state index is 0.221. The molecule has 0 heterocycles. The minimum Gasteiger partial charge on any atom is -0.425 e. The first-order chi connectivity index (χ1) is 28.6. The maximum atomic E-state index is 12.8. The highest BCUT2D eigenvalue weighted by Crippen LogP contribution is 2.18. The van der Waals surface area contributed by atoms with Gasteiger partial charge in [-0.15, -0.1) is 0 Å². The van der Waals surface area contributed by atoms with Crippen molar-refractivity contribution in [2.24, 2.45) is 0 Å². The summed E-state index contributed by atoms with van der Waals surface area (Å²) in [6.07, 6.45) is 64.2. The van der Waals surface area contributed by atoms with E-state index >= 15 is 0 Å². The van der Waals surface area contributed by atoms with E-state index in [0.29, 0.717) is 19.3 Å². The van der Waals surface area contributed by atoms with Gasteiger partial charge in [0, 0.05) is 19.3 Å². The summed E-state index contributed by atoms with van der Waals surface area (Å²) in [4.78, 5) is 25.6. The summed E-state index contributed by atoms with van der Waals surface area (Å²) in [6.45, 7) is 6.78. The molecule has 0 unspecified atom stereocenters. The molecule has 0 fully saturated rings. The first-order valence-corrected chi connectivity index (χ1v) is 25.6. The number of hydrogen-bond donors (Lipinski definition) is 0. The Balaban J connectivity index is 4.31. The van der Waals surface area contributed by atoms with E-state index in [1.54, 1.807) is 0 Å². The van der Waals surface area contributed by atoms with Crippen molar-refractivity contribution in [1.29, 1.82) is 0 Å². The molecule has 0 aromatic rings. The molecule has 0 radical (unpaired) electrons. The second-order valence-electron chi connectivity index (χ2n) is 17.1. The third-order valence-corrected chi connectivity index (χ3v) is 11.2.